The average molecular weight is 328 g/mol. The van der Waals surface area contributed by atoms with Gasteiger partial charge in [-0.05, 0) is 34.0 Å². The van der Waals surface area contributed by atoms with Gasteiger partial charge in [-0.1, -0.05) is 0 Å². The fraction of sp³-hybridized carbons (Fsp3) is 0.500. The minimum Gasteiger partial charge on any atom is -0.370 e. The minimum absolute atomic E-state index is 0.122. The summed E-state index contributed by atoms with van der Waals surface area (Å²) < 4.78 is 41.0. The molecule has 0 spiro atoms. The highest BCUT2D eigenvalue weighted by Crippen LogP contribution is 2.15. The molecule has 0 fully saturated rings. The number of halogens is 4. The van der Waals surface area contributed by atoms with E-state index in [-0.39, 0.29) is 6.61 Å². The Kier molecular flexibility index (Phi) is 6.00. The van der Waals surface area contributed by atoms with Crippen LogP contribution in [0, 0.1) is 0 Å². The van der Waals surface area contributed by atoms with Crippen LogP contribution in [0.4, 0.5) is 13.2 Å². The van der Waals surface area contributed by atoms with Crippen molar-refractivity contribution in [2.75, 3.05) is 13.2 Å². The number of hydrazine groups is 1. The molecule has 4 nitrogen and oxygen atoms in total. The van der Waals surface area contributed by atoms with Crippen LogP contribution in [0.25, 0.3) is 0 Å². The van der Waals surface area contributed by atoms with Crippen LogP contribution in [0.5, 0.6) is 0 Å². The second-order valence-corrected chi connectivity index (χ2v) is 4.63. The first-order valence-electron chi connectivity index (χ1n) is 5.11. The van der Waals surface area contributed by atoms with Crippen molar-refractivity contribution in [2.24, 2.45) is 5.84 Å². The van der Waals surface area contributed by atoms with Gasteiger partial charge >= 0.3 is 6.18 Å². The van der Waals surface area contributed by atoms with E-state index in [1.807, 2.05) is 6.07 Å². The minimum atomic E-state index is -4.32. The number of nitrogens with zero attached hydrogens (tertiary/aromatic N) is 1. The molecule has 0 aliphatic heterocycles. The Labute approximate surface area is 111 Å². The van der Waals surface area contributed by atoms with E-state index in [4.69, 9.17) is 5.84 Å². The van der Waals surface area contributed by atoms with Crippen LogP contribution < -0.4 is 11.3 Å². The summed E-state index contributed by atoms with van der Waals surface area (Å²) in [5.74, 6) is 5.27. The van der Waals surface area contributed by atoms with Crippen LogP contribution in [0.15, 0.2) is 22.9 Å². The van der Waals surface area contributed by atoms with Crippen molar-refractivity contribution < 1.29 is 17.9 Å². The van der Waals surface area contributed by atoms with E-state index in [0.717, 1.165) is 10.0 Å². The third kappa shape index (κ3) is 6.29. The number of aromatic nitrogens is 1. The molecule has 0 bridgehead atoms. The largest absolute Gasteiger partial charge is 0.411 e. The Hall–Kier alpha value is -0.700. The van der Waals surface area contributed by atoms with Crippen LogP contribution >= 0.6 is 15.9 Å². The lowest BCUT2D eigenvalue weighted by molar-refractivity contribution is -0.175. The predicted octanol–water partition coefficient (Wildman–Crippen LogP) is 1.80. The number of pyridine rings is 1. The zero-order chi connectivity index (χ0) is 13.6. The third-order valence-electron chi connectivity index (χ3n) is 2.06. The van der Waals surface area contributed by atoms with Crippen molar-refractivity contribution in [2.45, 2.75) is 18.6 Å². The molecule has 3 N–H and O–H groups in total. The van der Waals surface area contributed by atoms with Crippen molar-refractivity contribution in [3.8, 4) is 0 Å². The van der Waals surface area contributed by atoms with E-state index in [2.05, 4.69) is 31.1 Å². The van der Waals surface area contributed by atoms with E-state index in [1.54, 1.807) is 12.4 Å². The Morgan fingerprint density at radius 1 is 1.44 bits per heavy atom. The van der Waals surface area contributed by atoms with E-state index in [0.29, 0.717) is 6.42 Å². The fourth-order valence-corrected chi connectivity index (χ4v) is 1.75. The number of ether oxygens (including phenoxy) is 1. The Balaban J connectivity index is 2.42. The molecule has 0 radical (unpaired) electrons. The fourth-order valence-electron chi connectivity index (χ4n) is 1.33. The molecule has 0 saturated carbocycles. The predicted molar refractivity (Wildman–Crippen MR) is 63.6 cm³/mol. The van der Waals surface area contributed by atoms with Gasteiger partial charge < -0.3 is 4.74 Å². The van der Waals surface area contributed by atoms with Crippen molar-refractivity contribution in [3.63, 3.8) is 0 Å². The van der Waals surface area contributed by atoms with Gasteiger partial charge in [0.1, 0.15) is 6.61 Å². The maximum atomic E-state index is 11.9. The summed E-state index contributed by atoms with van der Waals surface area (Å²) in [5, 5.41) is 0. The Bertz CT molecular complexity index is 376. The number of nitrogens with two attached hydrogens (primary N) is 1. The molecule has 1 atom stereocenters. The second kappa shape index (κ2) is 7.03. The van der Waals surface area contributed by atoms with Crippen molar-refractivity contribution in [1.82, 2.24) is 10.4 Å². The van der Waals surface area contributed by atoms with Gasteiger partial charge in [-0.3, -0.25) is 16.3 Å². The van der Waals surface area contributed by atoms with E-state index >= 15 is 0 Å². The first kappa shape index (κ1) is 15.4. The molecule has 1 aromatic rings. The lowest BCUT2D eigenvalue weighted by Crippen LogP contribution is -2.41. The van der Waals surface area contributed by atoms with Crippen LogP contribution in [0.1, 0.15) is 5.56 Å². The van der Waals surface area contributed by atoms with Crippen molar-refractivity contribution in [1.29, 1.82) is 0 Å². The summed E-state index contributed by atoms with van der Waals surface area (Å²) in [4.78, 5) is 3.95. The number of hydrogen-bond acceptors (Lipinski definition) is 4. The first-order valence-corrected chi connectivity index (χ1v) is 5.90. The Morgan fingerprint density at radius 2 is 2.17 bits per heavy atom. The zero-order valence-corrected chi connectivity index (χ0v) is 11.0. The highest BCUT2D eigenvalue weighted by molar-refractivity contribution is 9.10. The molecular weight excluding hydrogens is 315 g/mol. The summed E-state index contributed by atoms with van der Waals surface area (Å²) in [6.07, 6.45) is -0.648. The third-order valence-corrected chi connectivity index (χ3v) is 2.50. The van der Waals surface area contributed by atoms with Crippen molar-refractivity contribution in [3.05, 3.63) is 28.5 Å². The molecule has 0 aromatic carbocycles. The van der Waals surface area contributed by atoms with Gasteiger partial charge in [0, 0.05) is 22.9 Å². The summed E-state index contributed by atoms with van der Waals surface area (Å²) in [6, 6.07) is 1.42. The van der Waals surface area contributed by atoms with Gasteiger partial charge in [-0.15, -0.1) is 0 Å². The van der Waals surface area contributed by atoms with Crippen molar-refractivity contribution >= 4 is 15.9 Å². The monoisotopic (exact) mass is 327 g/mol. The summed E-state index contributed by atoms with van der Waals surface area (Å²) in [7, 11) is 0. The van der Waals surface area contributed by atoms with Gasteiger partial charge in [0.25, 0.3) is 0 Å². The smallest absolute Gasteiger partial charge is 0.370 e. The molecule has 0 aliphatic carbocycles. The standard InChI is InChI=1S/C10H13BrF3N3O/c11-8-1-7(3-16-4-8)2-9(17-15)5-18-6-10(12,13)14/h1,3-4,9,17H,2,5-6,15H2. The normalized spacial score (nSPS) is 13.6. The average Bonchev–Trinajstić information content (AvgIpc) is 2.26. The summed E-state index contributed by atoms with van der Waals surface area (Å²) in [6.45, 7) is -1.40. The van der Waals surface area contributed by atoms with Gasteiger partial charge in [-0.25, -0.2) is 0 Å². The number of rotatable bonds is 6. The molecule has 1 heterocycles. The number of nitrogens with one attached hydrogen (secondary N) is 1. The molecule has 1 unspecified atom stereocenters. The number of alkyl halides is 3. The summed E-state index contributed by atoms with van der Waals surface area (Å²) in [5.41, 5.74) is 3.27. The maximum absolute atomic E-state index is 11.9. The van der Waals surface area contributed by atoms with Crippen LogP contribution in [-0.4, -0.2) is 30.4 Å². The molecule has 8 heteroatoms. The molecule has 0 saturated heterocycles. The number of hydrogen-bond donors (Lipinski definition) is 2. The molecule has 0 amide bonds. The molecule has 1 aromatic heterocycles. The lowest BCUT2D eigenvalue weighted by Gasteiger charge is -2.16. The van der Waals surface area contributed by atoms with Crippen LogP contribution in [0.2, 0.25) is 0 Å². The quantitative estimate of drug-likeness (QED) is 0.618. The molecule has 18 heavy (non-hydrogen) atoms. The molecule has 0 aliphatic rings. The topological polar surface area (TPSA) is 60.2 Å². The van der Waals surface area contributed by atoms with Gasteiger partial charge in [0.05, 0.1) is 6.61 Å². The van der Waals surface area contributed by atoms with Crippen LogP contribution in [-0.2, 0) is 11.2 Å². The van der Waals surface area contributed by atoms with Gasteiger partial charge in [-0.2, -0.15) is 13.2 Å². The van der Waals surface area contributed by atoms with E-state index in [9.17, 15) is 13.2 Å². The lowest BCUT2D eigenvalue weighted by atomic mass is 10.1. The van der Waals surface area contributed by atoms with Gasteiger partial charge in [0.15, 0.2) is 0 Å². The summed E-state index contributed by atoms with van der Waals surface area (Å²) >= 11 is 3.26. The second-order valence-electron chi connectivity index (χ2n) is 3.71. The Morgan fingerprint density at radius 3 is 2.72 bits per heavy atom. The zero-order valence-electron chi connectivity index (χ0n) is 9.38. The van der Waals surface area contributed by atoms with E-state index < -0.39 is 18.8 Å². The molecule has 1 rings (SSSR count). The van der Waals surface area contributed by atoms with Crippen LogP contribution in [0.3, 0.4) is 0 Å². The van der Waals surface area contributed by atoms with E-state index in [1.165, 1.54) is 0 Å². The molecule has 102 valence electrons. The first-order chi connectivity index (χ1) is 8.40. The SMILES string of the molecule is NNC(COCC(F)(F)F)Cc1cncc(Br)c1. The molecular formula is C10H13BrF3N3O. The maximum Gasteiger partial charge on any atom is 0.411 e. The highest BCUT2D eigenvalue weighted by atomic mass is 79.9. The van der Waals surface area contributed by atoms with Gasteiger partial charge in [0.2, 0.25) is 0 Å². The highest BCUT2D eigenvalue weighted by Gasteiger charge is 2.27.